The van der Waals surface area contributed by atoms with Crippen LogP contribution in [0.2, 0.25) is 0 Å². The molecule has 0 unspecified atom stereocenters. The second kappa shape index (κ2) is 10.8. The van der Waals surface area contributed by atoms with Crippen LogP contribution < -0.4 is 15.4 Å². The molecule has 1 amide bonds. The number of carbonyl (C=O) groups is 1. The van der Waals surface area contributed by atoms with Crippen molar-refractivity contribution in [1.29, 1.82) is 0 Å². The Balaban J connectivity index is 1.45. The summed E-state index contributed by atoms with van der Waals surface area (Å²) < 4.78 is 22.0. The van der Waals surface area contributed by atoms with E-state index in [1.807, 2.05) is 58.1 Å². The lowest BCUT2D eigenvalue weighted by Gasteiger charge is -2.29. The van der Waals surface area contributed by atoms with Crippen molar-refractivity contribution >= 4 is 28.9 Å². The first-order chi connectivity index (χ1) is 18.1. The van der Waals surface area contributed by atoms with Crippen molar-refractivity contribution in [3.63, 3.8) is 0 Å². The number of nitrogens with zero attached hydrogens (tertiary/aromatic N) is 3. The zero-order valence-electron chi connectivity index (χ0n) is 20.2. The third kappa shape index (κ3) is 5.03. The summed E-state index contributed by atoms with van der Waals surface area (Å²) in [6.07, 6.45) is 3.75. The molecule has 0 spiro atoms. The fourth-order valence-electron chi connectivity index (χ4n) is 4.65. The second-order valence-corrected chi connectivity index (χ2v) is 8.96. The molecule has 7 nitrogen and oxygen atoms in total. The van der Waals surface area contributed by atoms with Crippen molar-refractivity contribution in [1.82, 2.24) is 19.8 Å². The fourth-order valence-corrected chi connectivity index (χ4v) is 4.98. The number of carbonyl (C=O) groups excluding carboxylic acids is 1. The monoisotopic (exact) mass is 515 g/mol. The number of anilines is 1. The summed E-state index contributed by atoms with van der Waals surface area (Å²) in [5, 5.41) is 6.80. The van der Waals surface area contributed by atoms with Crippen molar-refractivity contribution in [2.75, 3.05) is 19.0 Å². The minimum Gasteiger partial charge on any atom is -0.495 e. The van der Waals surface area contributed by atoms with Crippen LogP contribution in [0.1, 0.15) is 29.9 Å². The molecular formula is C28H26FN5O2S. The molecule has 0 saturated carbocycles. The minimum absolute atomic E-state index is 0.170. The van der Waals surface area contributed by atoms with Crippen LogP contribution in [0, 0.1) is 5.82 Å². The van der Waals surface area contributed by atoms with Gasteiger partial charge in [-0.2, -0.15) is 0 Å². The van der Waals surface area contributed by atoms with Crippen molar-refractivity contribution in [3.05, 3.63) is 108 Å². The van der Waals surface area contributed by atoms with Gasteiger partial charge < -0.3 is 24.8 Å². The molecule has 1 fully saturated rings. The molecule has 1 saturated heterocycles. The Morgan fingerprint density at radius 2 is 1.86 bits per heavy atom. The molecular weight excluding hydrogens is 489 g/mol. The Morgan fingerprint density at radius 3 is 2.65 bits per heavy atom. The van der Waals surface area contributed by atoms with Crippen LogP contribution in [0.25, 0.3) is 5.69 Å². The van der Waals surface area contributed by atoms with E-state index in [-0.39, 0.29) is 30.2 Å². The minimum atomic E-state index is -0.328. The number of nitrogens with one attached hydrogen (secondary N) is 2. The average Bonchev–Trinajstić information content (AvgIpc) is 3.52. The lowest BCUT2D eigenvalue weighted by molar-refractivity contribution is -0.116. The van der Waals surface area contributed by atoms with Gasteiger partial charge in [-0.1, -0.05) is 30.3 Å². The molecule has 4 aromatic rings. The molecule has 2 aromatic carbocycles. The lowest BCUT2D eigenvalue weighted by atomic mass is 10.0. The summed E-state index contributed by atoms with van der Waals surface area (Å²) in [4.78, 5) is 19.4. The summed E-state index contributed by atoms with van der Waals surface area (Å²) in [6, 6.07) is 22.8. The molecule has 1 aliphatic rings. The maximum atomic E-state index is 14.8. The van der Waals surface area contributed by atoms with E-state index in [0.717, 1.165) is 11.4 Å². The average molecular weight is 516 g/mol. The van der Waals surface area contributed by atoms with E-state index in [1.165, 1.54) is 6.07 Å². The highest BCUT2D eigenvalue weighted by atomic mass is 32.1. The van der Waals surface area contributed by atoms with Gasteiger partial charge in [-0.3, -0.25) is 9.78 Å². The Labute approximate surface area is 219 Å². The number of benzene rings is 2. The molecule has 2 aromatic heterocycles. The molecule has 2 N–H and O–H groups in total. The summed E-state index contributed by atoms with van der Waals surface area (Å²) in [5.74, 6) is 0.0902. The van der Waals surface area contributed by atoms with E-state index in [1.54, 1.807) is 43.6 Å². The van der Waals surface area contributed by atoms with Crippen LogP contribution in [0.15, 0.2) is 91.3 Å². The van der Waals surface area contributed by atoms with Gasteiger partial charge in [0.2, 0.25) is 5.91 Å². The van der Waals surface area contributed by atoms with Crippen LogP contribution in [-0.4, -0.2) is 39.1 Å². The Morgan fingerprint density at radius 1 is 1.08 bits per heavy atom. The van der Waals surface area contributed by atoms with E-state index in [0.29, 0.717) is 28.8 Å². The van der Waals surface area contributed by atoms with Gasteiger partial charge in [0.05, 0.1) is 36.3 Å². The lowest BCUT2D eigenvalue weighted by Crippen LogP contribution is -2.33. The smallest absolute Gasteiger partial charge is 0.226 e. The van der Waals surface area contributed by atoms with E-state index < -0.39 is 0 Å². The van der Waals surface area contributed by atoms with Crippen LogP contribution >= 0.6 is 12.2 Å². The number of ether oxygens (including phenoxy) is 1. The van der Waals surface area contributed by atoms with Gasteiger partial charge in [-0.05, 0) is 60.7 Å². The van der Waals surface area contributed by atoms with Crippen molar-refractivity contribution in [2.45, 2.75) is 18.5 Å². The van der Waals surface area contributed by atoms with E-state index in [9.17, 15) is 9.18 Å². The summed E-state index contributed by atoms with van der Waals surface area (Å²) in [6.45, 7) is 0.350. The maximum absolute atomic E-state index is 14.8. The summed E-state index contributed by atoms with van der Waals surface area (Å²) >= 11 is 5.73. The maximum Gasteiger partial charge on any atom is 0.226 e. The number of amides is 1. The molecule has 188 valence electrons. The van der Waals surface area contributed by atoms with Crippen molar-refractivity contribution < 1.29 is 13.9 Å². The molecule has 37 heavy (non-hydrogen) atoms. The number of aromatic nitrogens is 2. The van der Waals surface area contributed by atoms with Crippen LogP contribution in [0.3, 0.4) is 0 Å². The Kier molecular flexibility index (Phi) is 7.14. The molecule has 0 bridgehead atoms. The fraction of sp³-hybridized carbons (Fsp3) is 0.179. The van der Waals surface area contributed by atoms with Crippen LogP contribution in [0.5, 0.6) is 5.75 Å². The predicted molar refractivity (Wildman–Crippen MR) is 144 cm³/mol. The van der Waals surface area contributed by atoms with Crippen molar-refractivity contribution in [2.24, 2.45) is 0 Å². The molecule has 3 heterocycles. The third-order valence-electron chi connectivity index (χ3n) is 6.35. The first-order valence-electron chi connectivity index (χ1n) is 11.9. The molecule has 1 aliphatic heterocycles. The van der Waals surface area contributed by atoms with Gasteiger partial charge in [0.15, 0.2) is 5.11 Å². The first-order valence-corrected chi connectivity index (χ1v) is 12.3. The third-order valence-corrected chi connectivity index (χ3v) is 6.71. The van der Waals surface area contributed by atoms with E-state index >= 15 is 0 Å². The van der Waals surface area contributed by atoms with Gasteiger partial charge in [0.25, 0.3) is 0 Å². The second-order valence-electron chi connectivity index (χ2n) is 8.57. The highest BCUT2D eigenvalue weighted by Gasteiger charge is 2.41. The zero-order chi connectivity index (χ0) is 25.8. The zero-order valence-corrected chi connectivity index (χ0v) is 21.0. The van der Waals surface area contributed by atoms with Crippen LogP contribution in [-0.2, 0) is 4.79 Å². The van der Waals surface area contributed by atoms with Gasteiger partial charge in [0.1, 0.15) is 11.6 Å². The molecule has 5 rings (SSSR count). The summed E-state index contributed by atoms with van der Waals surface area (Å²) in [7, 11) is 1.56. The number of methoxy groups -OCH3 is 1. The van der Waals surface area contributed by atoms with E-state index in [4.69, 9.17) is 17.0 Å². The number of hydrogen-bond acceptors (Lipinski definition) is 4. The van der Waals surface area contributed by atoms with Gasteiger partial charge >= 0.3 is 0 Å². The molecule has 2 atom stereocenters. The Bertz CT molecular complexity index is 1410. The Hall–Kier alpha value is -4.24. The van der Waals surface area contributed by atoms with Gasteiger partial charge in [-0.25, -0.2) is 4.39 Å². The number of rotatable bonds is 8. The number of pyridine rings is 1. The molecule has 0 aliphatic carbocycles. The number of hydrogen-bond donors (Lipinski definition) is 2. The van der Waals surface area contributed by atoms with Gasteiger partial charge in [-0.15, -0.1) is 0 Å². The van der Waals surface area contributed by atoms with Crippen LogP contribution in [0.4, 0.5) is 10.1 Å². The number of halogens is 1. The SMILES string of the molecule is COc1ccccc1NC(=O)CCN1C(=S)N[C@@H](c2ccccn2)[C@@H]1c1cccn1-c1ccccc1F. The largest absolute Gasteiger partial charge is 0.495 e. The normalized spacial score (nSPS) is 16.9. The molecule has 9 heteroatoms. The quantitative estimate of drug-likeness (QED) is 0.321. The topological polar surface area (TPSA) is 71.4 Å². The number of thiocarbonyl (C=S) groups is 1. The predicted octanol–water partition coefficient (Wildman–Crippen LogP) is 5.02. The molecule has 0 radical (unpaired) electrons. The first kappa shape index (κ1) is 24.5. The van der Waals surface area contributed by atoms with Crippen molar-refractivity contribution in [3.8, 4) is 11.4 Å². The highest BCUT2D eigenvalue weighted by Crippen LogP contribution is 2.39. The van der Waals surface area contributed by atoms with Gasteiger partial charge in [0, 0.05) is 31.1 Å². The highest BCUT2D eigenvalue weighted by molar-refractivity contribution is 7.80. The summed E-state index contributed by atoms with van der Waals surface area (Å²) in [5.41, 5.74) is 2.68. The van der Waals surface area contributed by atoms with E-state index in [2.05, 4.69) is 15.6 Å². The standard InChI is InChI=1S/C28H26FN5O2S/c1-36-24-14-5-3-10-20(24)31-25(35)15-18-34-27(26(32-28(34)37)21-11-6-7-16-30-21)23-13-8-17-33(23)22-12-4-2-9-19(22)29/h2-14,16-17,26-27H,15,18H2,1H3,(H,31,35)(H,32,37)/t26-,27-/m0/s1. The number of para-hydroxylation sites is 3.